The van der Waals surface area contributed by atoms with Crippen LogP contribution in [0.1, 0.15) is 28.5 Å². The minimum atomic E-state index is -0.429. The zero-order valence-corrected chi connectivity index (χ0v) is 30.6. The Hall–Kier alpha value is -5.62. The van der Waals surface area contributed by atoms with Gasteiger partial charge in [0.1, 0.15) is 5.69 Å². The fourth-order valence-corrected chi connectivity index (χ4v) is 7.09. The van der Waals surface area contributed by atoms with Crippen LogP contribution >= 0.6 is 23.2 Å². The molecule has 1 aliphatic rings. The summed E-state index contributed by atoms with van der Waals surface area (Å²) in [4.78, 5) is 40.6. The van der Waals surface area contributed by atoms with Gasteiger partial charge in [0, 0.05) is 64.1 Å². The molecule has 4 aromatic carbocycles. The van der Waals surface area contributed by atoms with Crippen molar-refractivity contribution in [2.24, 2.45) is 0 Å². The first kappa shape index (κ1) is 35.8. The van der Waals surface area contributed by atoms with Gasteiger partial charge in [-0.25, -0.2) is 14.8 Å². The molecule has 0 bridgehead atoms. The minimum absolute atomic E-state index is 0.199. The molecular weight excluding hydrogens is 713 g/mol. The van der Waals surface area contributed by atoms with Crippen molar-refractivity contribution in [3.63, 3.8) is 0 Å². The van der Waals surface area contributed by atoms with E-state index in [9.17, 15) is 14.7 Å². The van der Waals surface area contributed by atoms with Crippen LogP contribution in [0.2, 0.25) is 10.0 Å². The van der Waals surface area contributed by atoms with Crippen LogP contribution in [0, 0.1) is 0 Å². The largest absolute Gasteiger partial charge is 0.480 e. The Bertz CT molecular complexity index is 2270. The normalized spacial score (nSPS) is 12.9. The van der Waals surface area contributed by atoms with Gasteiger partial charge in [0.2, 0.25) is 5.88 Å². The SMILES string of the molecule is CCc1nc(OC)c(NC(=O)N2CCN(c3cc(Cl)cc(Cl)c3)CC2)cc1C(=O)Nc1cc(CO)cc(Nc2c3ccccc3nc3ccccc23)c1. The number of urea groups is 1. The number of halogens is 2. The molecule has 0 unspecified atom stereocenters. The average molecular weight is 751 g/mol. The van der Waals surface area contributed by atoms with E-state index in [1.54, 1.807) is 23.1 Å². The number of anilines is 5. The topological polar surface area (TPSA) is 132 Å². The fraction of sp³-hybridized carbons (Fsp3) is 0.200. The quantitative estimate of drug-likeness (QED) is 0.108. The molecule has 1 fully saturated rings. The van der Waals surface area contributed by atoms with E-state index in [2.05, 4.69) is 25.8 Å². The van der Waals surface area contributed by atoms with Crippen molar-refractivity contribution in [3.8, 4) is 5.88 Å². The third kappa shape index (κ3) is 7.78. The number of nitrogens with zero attached hydrogens (tertiary/aromatic N) is 4. The first-order valence-corrected chi connectivity index (χ1v) is 17.9. The Morgan fingerprint density at radius 3 is 2.08 bits per heavy atom. The van der Waals surface area contributed by atoms with Gasteiger partial charge in [-0.3, -0.25) is 4.79 Å². The van der Waals surface area contributed by atoms with Gasteiger partial charge in [-0.15, -0.1) is 0 Å². The lowest BCUT2D eigenvalue weighted by Crippen LogP contribution is -2.50. The number of rotatable bonds is 9. The van der Waals surface area contributed by atoms with Crippen molar-refractivity contribution >= 4 is 85.4 Å². The number of carbonyl (C=O) groups is 2. The number of methoxy groups -OCH3 is 1. The number of aliphatic hydroxyl groups excluding tert-OH is 1. The Labute approximate surface area is 316 Å². The third-order valence-electron chi connectivity index (χ3n) is 9.15. The summed E-state index contributed by atoms with van der Waals surface area (Å²) in [5.74, 6) is -0.230. The highest BCUT2D eigenvalue weighted by Crippen LogP contribution is 2.35. The maximum absolute atomic E-state index is 13.9. The number of hydrogen-bond donors (Lipinski definition) is 4. The second kappa shape index (κ2) is 15.5. The summed E-state index contributed by atoms with van der Waals surface area (Å²) in [6.45, 7) is 3.72. The van der Waals surface area contributed by atoms with E-state index >= 15 is 0 Å². The molecule has 1 aliphatic heterocycles. The number of hydrogen-bond acceptors (Lipinski definition) is 8. The summed E-state index contributed by atoms with van der Waals surface area (Å²) in [7, 11) is 1.47. The van der Waals surface area contributed by atoms with Crippen LogP contribution in [-0.4, -0.2) is 65.2 Å². The molecular formula is C40H37Cl2N7O4. The van der Waals surface area contributed by atoms with Gasteiger partial charge in [0.15, 0.2) is 0 Å². The van der Waals surface area contributed by atoms with Crippen molar-refractivity contribution in [2.75, 3.05) is 54.1 Å². The second-order valence-corrected chi connectivity index (χ2v) is 13.5. The smallest absolute Gasteiger partial charge is 0.322 e. The summed E-state index contributed by atoms with van der Waals surface area (Å²) in [6, 6.07) is 27.8. The van der Waals surface area contributed by atoms with Crippen LogP contribution in [0.15, 0.2) is 91.0 Å². The molecule has 0 aliphatic carbocycles. The summed E-state index contributed by atoms with van der Waals surface area (Å²) in [5.41, 5.74) is 6.22. The molecule has 270 valence electrons. The predicted molar refractivity (Wildman–Crippen MR) is 212 cm³/mol. The number of fused-ring (bicyclic) bond motifs is 2. The average Bonchev–Trinajstić information content (AvgIpc) is 3.17. The second-order valence-electron chi connectivity index (χ2n) is 12.6. The van der Waals surface area contributed by atoms with Crippen LogP contribution in [0.25, 0.3) is 21.8 Å². The molecule has 2 aromatic heterocycles. The number of aryl methyl sites for hydroxylation is 1. The first-order valence-electron chi connectivity index (χ1n) is 17.2. The van der Waals surface area contributed by atoms with Crippen LogP contribution in [0.5, 0.6) is 5.88 Å². The van der Waals surface area contributed by atoms with Crippen LogP contribution in [0.4, 0.5) is 33.2 Å². The van der Waals surface area contributed by atoms with E-state index in [1.807, 2.05) is 79.7 Å². The zero-order valence-electron chi connectivity index (χ0n) is 29.1. The highest BCUT2D eigenvalue weighted by Gasteiger charge is 2.25. The van der Waals surface area contributed by atoms with Crippen LogP contribution in [-0.2, 0) is 13.0 Å². The Balaban J connectivity index is 1.11. The predicted octanol–water partition coefficient (Wildman–Crippen LogP) is 8.50. The number of carbonyl (C=O) groups excluding carboxylic acids is 2. The van der Waals surface area contributed by atoms with E-state index < -0.39 is 5.91 Å². The summed E-state index contributed by atoms with van der Waals surface area (Å²) in [5, 5.41) is 22.6. The van der Waals surface area contributed by atoms with E-state index in [0.717, 1.165) is 33.2 Å². The maximum atomic E-state index is 13.9. The summed E-state index contributed by atoms with van der Waals surface area (Å²) < 4.78 is 5.54. The van der Waals surface area contributed by atoms with Gasteiger partial charge in [0.25, 0.3) is 5.91 Å². The van der Waals surface area contributed by atoms with Gasteiger partial charge in [-0.05, 0) is 66.6 Å². The minimum Gasteiger partial charge on any atom is -0.480 e. The summed E-state index contributed by atoms with van der Waals surface area (Å²) >= 11 is 12.4. The number of para-hydroxylation sites is 2. The van der Waals surface area contributed by atoms with E-state index in [-0.39, 0.29) is 29.8 Å². The highest BCUT2D eigenvalue weighted by atomic mass is 35.5. The number of pyridine rings is 2. The van der Waals surface area contributed by atoms with Gasteiger partial charge in [-0.2, -0.15) is 0 Å². The lowest BCUT2D eigenvalue weighted by molar-refractivity contribution is 0.102. The molecule has 11 nitrogen and oxygen atoms in total. The summed E-state index contributed by atoms with van der Waals surface area (Å²) in [6.07, 6.45) is 0.439. The van der Waals surface area contributed by atoms with E-state index in [1.165, 1.54) is 7.11 Å². The number of aliphatic hydroxyl groups is 1. The van der Waals surface area contributed by atoms with Crippen molar-refractivity contribution in [1.82, 2.24) is 14.9 Å². The molecule has 1 saturated heterocycles. The highest BCUT2D eigenvalue weighted by molar-refractivity contribution is 6.35. The van der Waals surface area contributed by atoms with Gasteiger partial charge >= 0.3 is 6.03 Å². The standard InChI is InChI=1S/C40H37Cl2N7O4/c1-3-33-32(22-36(39(46-33)53-2)47-40(52)49-14-12-48(13-15-49)29-19-25(41)18-26(42)20-29)38(51)44-28-17-24(23-50)16-27(21-28)43-37-30-8-4-6-10-34(30)45-35-11-7-5-9-31(35)37/h4-11,16-22,50H,3,12-15,23H2,1-2H3,(H,43,45)(H,44,51)(H,47,52). The van der Waals surface area contributed by atoms with Crippen molar-refractivity contribution in [3.05, 3.63) is 118 Å². The zero-order chi connectivity index (χ0) is 37.1. The molecule has 6 aromatic rings. The third-order valence-corrected chi connectivity index (χ3v) is 9.59. The van der Waals surface area contributed by atoms with E-state index in [4.69, 9.17) is 32.9 Å². The van der Waals surface area contributed by atoms with Gasteiger partial charge < -0.3 is 35.6 Å². The number of ether oxygens (including phenoxy) is 1. The van der Waals surface area contributed by atoms with Gasteiger partial charge in [0.05, 0.1) is 41.7 Å². The van der Waals surface area contributed by atoms with Crippen molar-refractivity contribution in [2.45, 2.75) is 20.0 Å². The van der Waals surface area contributed by atoms with Crippen molar-refractivity contribution < 1.29 is 19.4 Å². The Morgan fingerprint density at radius 2 is 1.45 bits per heavy atom. The number of piperazine rings is 1. The molecule has 7 rings (SSSR count). The first-order chi connectivity index (χ1) is 25.7. The number of benzene rings is 4. The lowest BCUT2D eigenvalue weighted by Gasteiger charge is -2.36. The fourth-order valence-electron chi connectivity index (χ4n) is 6.57. The Morgan fingerprint density at radius 1 is 0.811 bits per heavy atom. The van der Waals surface area contributed by atoms with Crippen LogP contribution in [0.3, 0.4) is 0 Å². The maximum Gasteiger partial charge on any atom is 0.322 e. The van der Waals surface area contributed by atoms with Crippen LogP contribution < -0.4 is 25.6 Å². The number of nitrogens with one attached hydrogen (secondary N) is 3. The molecule has 0 saturated carbocycles. The molecule has 53 heavy (non-hydrogen) atoms. The van der Waals surface area contributed by atoms with E-state index in [0.29, 0.717) is 65.3 Å². The van der Waals surface area contributed by atoms with Gasteiger partial charge in [-0.1, -0.05) is 66.5 Å². The lowest BCUT2D eigenvalue weighted by atomic mass is 10.1. The molecule has 13 heteroatoms. The molecule has 4 N–H and O–H groups in total. The molecule has 0 spiro atoms. The molecule has 3 amide bonds. The molecule has 0 radical (unpaired) electrons. The monoisotopic (exact) mass is 749 g/mol. The number of aromatic nitrogens is 2. The number of amides is 3. The Kier molecular flexibility index (Phi) is 10.5. The molecule has 0 atom stereocenters. The van der Waals surface area contributed by atoms with Crippen molar-refractivity contribution in [1.29, 1.82) is 0 Å². The molecule has 3 heterocycles.